The van der Waals surface area contributed by atoms with E-state index in [1.165, 1.54) is 0 Å². The minimum atomic E-state index is -0.446. The van der Waals surface area contributed by atoms with Crippen molar-refractivity contribution < 1.29 is 9.59 Å². The number of carbonyl (C=O) groups excluding carboxylic acids is 2. The largest absolute Gasteiger partial charge is 0.355 e. The van der Waals surface area contributed by atoms with Gasteiger partial charge in [-0.15, -0.1) is 0 Å². The van der Waals surface area contributed by atoms with Crippen LogP contribution in [0.4, 0.5) is 5.82 Å². The zero-order valence-electron chi connectivity index (χ0n) is 17.5. The van der Waals surface area contributed by atoms with E-state index in [4.69, 9.17) is 0 Å². The second-order valence-electron chi connectivity index (χ2n) is 8.80. The minimum absolute atomic E-state index is 0.0211. The Morgan fingerprint density at radius 2 is 1.93 bits per heavy atom. The van der Waals surface area contributed by atoms with Crippen LogP contribution in [0.25, 0.3) is 0 Å². The van der Waals surface area contributed by atoms with Crippen LogP contribution in [0.15, 0.2) is 18.6 Å². The third-order valence-corrected chi connectivity index (χ3v) is 7.02. The molecule has 1 aromatic heterocycles. The zero-order valence-corrected chi connectivity index (χ0v) is 17.5. The highest BCUT2D eigenvalue weighted by Gasteiger charge is 2.53. The minimum Gasteiger partial charge on any atom is -0.355 e. The SMILES string of the molecule is CC(=O)N1CCC[C@@]2(C(=O)NC3CCN(c4cnccn4)CC3)CCN(C)C[C@H]12. The quantitative estimate of drug-likeness (QED) is 0.812. The first-order valence-corrected chi connectivity index (χ1v) is 10.8. The number of nitrogens with zero attached hydrogens (tertiary/aromatic N) is 5. The molecule has 2 atom stereocenters. The fourth-order valence-corrected chi connectivity index (χ4v) is 5.32. The molecule has 0 saturated carbocycles. The maximum absolute atomic E-state index is 13.5. The Hall–Kier alpha value is -2.22. The number of likely N-dealkylation sites (N-methyl/N-ethyl adjacent to an activating group) is 1. The molecule has 0 spiro atoms. The highest BCUT2D eigenvalue weighted by Crippen LogP contribution is 2.42. The van der Waals surface area contributed by atoms with Crippen LogP contribution in [0, 0.1) is 5.41 Å². The van der Waals surface area contributed by atoms with Crippen molar-refractivity contribution in [1.29, 1.82) is 0 Å². The highest BCUT2D eigenvalue weighted by atomic mass is 16.2. The Labute approximate surface area is 172 Å². The summed E-state index contributed by atoms with van der Waals surface area (Å²) in [5.41, 5.74) is -0.446. The van der Waals surface area contributed by atoms with Crippen LogP contribution in [-0.4, -0.2) is 83.4 Å². The lowest BCUT2D eigenvalue weighted by Crippen LogP contribution is -2.67. The summed E-state index contributed by atoms with van der Waals surface area (Å²) in [6.45, 7) is 5.80. The van der Waals surface area contributed by atoms with Crippen molar-refractivity contribution in [2.45, 2.75) is 51.1 Å². The van der Waals surface area contributed by atoms with Crippen molar-refractivity contribution in [3.63, 3.8) is 0 Å². The second kappa shape index (κ2) is 8.26. The Bertz CT molecular complexity index is 736. The molecule has 0 aromatic carbocycles. The number of nitrogens with one attached hydrogen (secondary N) is 1. The molecule has 8 heteroatoms. The van der Waals surface area contributed by atoms with Crippen LogP contribution in [0.5, 0.6) is 0 Å². The lowest BCUT2D eigenvalue weighted by atomic mass is 9.67. The number of anilines is 1. The van der Waals surface area contributed by atoms with E-state index >= 15 is 0 Å². The summed E-state index contributed by atoms with van der Waals surface area (Å²) in [6, 6.07) is 0.157. The fraction of sp³-hybridized carbons (Fsp3) is 0.714. The molecular formula is C21H32N6O2. The van der Waals surface area contributed by atoms with E-state index in [-0.39, 0.29) is 23.9 Å². The average molecular weight is 401 g/mol. The Kier molecular flexibility index (Phi) is 5.72. The van der Waals surface area contributed by atoms with Gasteiger partial charge in [0.15, 0.2) is 0 Å². The van der Waals surface area contributed by atoms with Crippen molar-refractivity contribution in [3.8, 4) is 0 Å². The maximum Gasteiger partial charge on any atom is 0.228 e. The topological polar surface area (TPSA) is 81.7 Å². The molecule has 4 heterocycles. The summed E-state index contributed by atoms with van der Waals surface area (Å²) in [6.07, 6.45) is 9.59. The van der Waals surface area contributed by atoms with Crippen molar-refractivity contribution in [3.05, 3.63) is 18.6 Å². The molecule has 0 bridgehead atoms. The van der Waals surface area contributed by atoms with Gasteiger partial charge in [0.25, 0.3) is 0 Å². The highest BCUT2D eigenvalue weighted by molar-refractivity contribution is 5.85. The van der Waals surface area contributed by atoms with Gasteiger partial charge >= 0.3 is 0 Å². The number of hydrogen-bond acceptors (Lipinski definition) is 6. The number of fused-ring (bicyclic) bond motifs is 1. The van der Waals surface area contributed by atoms with Crippen LogP contribution >= 0.6 is 0 Å². The van der Waals surface area contributed by atoms with Crippen LogP contribution in [0.2, 0.25) is 0 Å². The molecular weight excluding hydrogens is 368 g/mol. The van der Waals surface area contributed by atoms with Gasteiger partial charge in [-0.25, -0.2) is 4.98 Å². The summed E-state index contributed by atoms with van der Waals surface area (Å²) < 4.78 is 0. The number of amides is 2. The van der Waals surface area contributed by atoms with E-state index in [1.54, 1.807) is 25.5 Å². The van der Waals surface area contributed by atoms with Crippen LogP contribution in [-0.2, 0) is 9.59 Å². The van der Waals surface area contributed by atoms with E-state index in [9.17, 15) is 9.59 Å². The third kappa shape index (κ3) is 3.95. The molecule has 4 rings (SSSR count). The normalized spacial score (nSPS) is 28.7. The predicted molar refractivity (Wildman–Crippen MR) is 110 cm³/mol. The van der Waals surface area contributed by atoms with Gasteiger partial charge in [-0.2, -0.15) is 0 Å². The molecule has 1 aromatic rings. The summed E-state index contributed by atoms with van der Waals surface area (Å²) in [5.74, 6) is 1.13. The Morgan fingerprint density at radius 1 is 1.14 bits per heavy atom. The van der Waals surface area contributed by atoms with E-state index < -0.39 is 5.41 Å². The molecule has 0 radical (unpaired) electrons. The van der Waals surface area contributed by atoms with Crippen LogP contribution < -0.4 is 10.2 Å². The number of hydrogen-bond donors (Lipinski definition) is 1. The lowest BCUT2D eigenvalue weighted by molar-refractivity contribution is -0.153. The predicted octanol–water partition coefficient (Wildman–Crippen LogP) is 0.894. The molecule has 2 amide bonds. The summed E-state index contributed by atoms with van der Waals surface area (Å²) >= 11 is 0. The van der Waals surface area contributed by atoms with Crippen molar-refractivity contribution in [2.75, 3.05) is 44.7 Å². The molecule has 8 nitrogen and oxygen atoms in total. The van der Waals surface area contributed by atoms with Gasteiger partial charge in [-0.3, -0.25) is 14.6 Å². The summed E-state index contributed by atoms with van der Waals surface area (Å²) in [5, 5.41) is 3.37. The van der Waals surface area contributed by atoms with E-state index in [1.807, 2.05) is 4.90 Å². The molecule has 1 N–H and O–H groups in total. The second-order valence-corrected chi connectivity index (χ2v) is 8.80. The summed E-state index contributed by atoms with van der Waals surface area (Å²) in [7, 11) is 2.08. The van der Waals surface area contributed by atoms with Crippen molar-refractivity contribution in [1.82, 2.24) is 25.1 Å². The average Bonchev–Trinajstić information content (AvgIpc) is 2.74. The first-order chi connectivity index (χ1) is 14.0. The molecule has 29 heavy (non-hydrogen) atoms. The fourth-order valence-electron chi connectivity index (χ4n) is 5.32. The first-order valence-electron chi connectivity index (χ1n) is 10.8. The van der Waals surface area contributed by atoms with Gasteiger partial charge in [0, 0.05) is 51.5 Å². The van der Waals surface area contributed by atoms with Gasteiger partial charge in [-0.1, -0.05) is 0 Å². The van der Waals surface area contributed by atoms with Crippen molar-refractivity contribution >= 4 is 17.6 Å². The standard InChI is InChI=1S/C21H32N6O2/c1-16(28)27-10-3-6-21(7-13-25(2)15-18(21)27)20(29)24-17-4-11-26(12-5-17)19-14-22-8-9-23-19/h8-9,14,17-18H,3-7,10-13,15H2,1-2H3,(H,24,29)/t18-,21+/m0/s1. The van der Waals surface area contributed by atoms with Gasteiger partial charge in [0.2, 0.25) is 11.8 Å². The third-order valence-electron chi connectivity index (χ3n) is 7.02. The van der Waals surface area contributed by atoms with Gasteiger partial charge < -0.3 is 20.0 Å². The van der Waals surface area contributed by atoms with Gasteiger partial charge in [-0.05, 0) is 45.7 Å². The Balaban J connectivity index is 1.42. The first kappa shape index (κ1) is 20.1. The number of piperidine rings is 3. The van der Waals surface area contributed by atoms with E-state index in [0.29, 0.717) is 0 Å². The number of rotatable bonds is 3. The Morgan fingerprint density at radius 3 is 2.62 bits per heavy atom. The van der Waals surface area contributed by atoms with Crippen molar-refractivity contribution in [2.24, 2.45) is 5.41 Å². The molecule has 0 unspecified atom stereocenters. The van der Waals surface area contributed by atoms with Gasteiger partial charge in [0.1, 0.15) is 5.82 Å². The van der Waals surface area contributed by atoms with Gasteiger partial charge in [0.05, 0.1) is 17.7 Å². The zero-order chi connectivity index (χ0) is 20.4. The number of aromatic nitrogens is 2. The van der Waals surface area contributed by atoms with Crippen LogP contribution in [0.1, 0.15) is 39.0 Å². The van der Waals surface area contributed by atoms with Crippen LogP contribution in [0.3, 0.4) is 0 Å². The molecule has 3 saturated heterocycles. The number of likely N-dealkylation sites (tertiary alicyclic amines) is 2. The molecule has 158 valence electrons. The van der Waals surface area contributed by atoms with E-state index in [0.717, 1.165) is 70.6 Å². The number of carbonyl (C=O) groups is 2. The molecule has 3 aliphatic rings. The lowest BCUT2D eigenvalue weighted by Gasteiger charge is -2.53. The smallest absolute Gasteiger partial charge is 0.228 e. The molecule has 3 fully saturated rings. The van der Waals surface area contributed by atoms with E-state index in [2.05, 4.69) is 32.1 Å². The monoisotopic (exact) mass is 400 g/mol. The molecule has 0 aliphatic carbocycles. The summed E-state index contributed by atoms with van der Waals surface area (Å²) in [4.78, 5) is 40.7. The maximum atomic E-state index is 13.5. The molecule has 3 aliphatic heterocycles.